The van der Waals surface area contributed by atoms with Crippen LogP contribution in [-0.2, 0) is 0 Å². The van der Waals surface area contributed by atoms with Crippen molar-refractivity contribution >= 4 is 45.5 Å². The average molecular weight is 451 g/mol. The second-order valence-corrected chi connectivity index (χ2v) is 7.53. The molecule has 0 fully saturated rings. The lowest BCUT2D eigenvalue weighted by Crippen LogP contribution is -2.13. The Morgan fingerprint density at radius 2 is 0.676 bits per heavy atom. The fourth-order valence-electron chi connectivity index (χ4n) is 3.02. The van der Waals surface area contributed by atoms with Crippen molar-refractivity contribution in [2.45, 2.75) is 0 Å². The van der Waals surface area contributed by atoms with Crippen molar-refractivity contribution in [1.82, 2.24) is 0 Å². The molecule has 0 unspecified atom stereocenters. The SMILES string of the molecule is Nc1ccc(N=Nc2ccc(NCCNc3ccc(N=Nc4ccc(N)cc4)cc3)cc2)cc1. The van der Waals surface area contributed by atoms with Gasteiger partial charge in [-0.25, -0.2) is 0 Å². The van der Waals surface area contributed by atoms with E-state index < -0.39 is 0 Å². The third-order valence-corrected chi connectivity index (χ3v) is 4.87. The summed E-state index contributed by atoms with van der Waals surface area (Å²) in [6, 6.07) is 30.2. The normalized spacial score (nSPS) is 11.2. The summed E-state index contributed by atoms with van der Waals surface area (Å²) in [4.78, 5) is 0. The van der Waals surface area contributed by atoms with Gasteiger partial charge in [-0.2, -0.15) is 20.5 Å². The molecule has 0 aliphatic rings. The first-order valence-corrected chi connectivity index (χ1v) is 10.9. The van der Waals surface area contributed by atoms with Crippen molar-refractivity contribution in [2.24, 2.45) is 20.5 Å². The minimum atomic E-state index is 0.706. The molecule has 8 nitrogen and oxygen atoms in total. The number of nitrogens with one attached hydrogen (secondary N) is 2. The summed E-state index contributed by atoms with van der Waals surface area (Å²) in [5, 5.41) is 23.7. The van der Waals surface area contributed by atoms with Crippen molar-refractivity contribution in [3.05, 3.63) is 97.1 Å². The summed E-state index contributed by atoms with van der Waals surface area (Å²) in [5.41, 5.74) is 17.9. The van der Waals surface area contributed by atoms with Crippen LogP contribution in [0, 0.1) is 0 Å². The summed E-state index contributed by atoms with van der Waals surface area (Å²) in [6.45, 7) is 1.54. The molecule has 0 spiro atoms. The Bertz CT molecular complexity index is 1130. The van der Waals surface area contributed by atoms with E-state index in [1.54, 1.807) is 24.3 Å². The fourth-order valence-corrected chi connectivity index (χ4v) is 3.02. The highest BCUT2D eigenvalue weighted by Gasteiger charge is 1.97. The van der Waals surface area contributed by atoms with Crippen LogP contribution in [0.25, 0.3) is 0 Å². The Kier molecular flexibility index (Phi) is 7.43. The molecule has 0 aliphatic carbocycles. The first-order valence-electron chi connectivity index (χ1n) is 10.9. The van der Waals surface area contributed by atoms with Crippen LogP contribution in [0.5, 0.6) is 0 Å². The van der Waals surface area contributed by atoms with Crippen molar-refractivity contribution in [3.8, 4) is 0 Å². The molecule has 0 radical (unpaired) electrons. The van der Waals surface area contributed by atoms with E-state index in [9.17, 15) is 0 Å². The topological polar surface area (TPSA) is 126 Å². The number of nitrogens with zero attached hydrogens (tertiary/aromatic N) is 4. The van der Waals surface area contributed by atoms with E-state index in [2.05, 4.69) is 31.1 Å². The lowest BCUT2D eigenvalue weighted by Gasteiger charge is -2.09. The molecule has 170 valence electrons. The van der Waals surface area contributed by atoms with Gasteiger partial charge in [0, 0.05) is 35.8 Å². The Hall–Kier alpha value is -4.72. The van der Waals surface area contributed by atoms with E-state index in [1.807, 2.05) is 72.8 Å². The Balaban J connectivity index is 1.19. The van der Waals surface area contributed by atoms with E-state index in [4.69, 9.17) is 11.5 Å². The second-order valence-electron chi connectivity index (χ2n) is 7.53. The highest BCUT2D eigenvalue weighted by atomic mass is 15.1. The van der Waals surface area contributed by atoms with Gasteiger partial charge in [-0.1, -0.05) is 0 Å². The predicted octanol–water partition coefficient (Wildman–Crippen LogP) is 7.21. The maximum absolute atomic E-state index is 5.68. The smallest absolute Gasteiger partial charge is 0.0858 e. The summed E-state index contributed by atoms with van der Waals surface area (Å²) in [7, 11) is 0. The Morgan fingerprint density at radius 3 is 0.971 bits per heavy atom. The van der Waals surface area contributed by atoms with Gasteiger partial charge in [0.2, 0.25) is 0 Å². The lowest BCUT2D eigenvalue weighted by atomic mass is 10.2. The van der Waals surface area contributed by atoms with Gasteiger partial charge in [0.1, 0.15) is 0 Å². The van der Waals surface area contributed by atoms with Crippen LogP contribution >= 0.6 is 0 Å². The number of hydrogen-bond donors (Lipinski definition) is 4. The fraction of sp³-hybridized carbons (Fsp3) is 0.0769. The van der Waals surface area contributed by atoms with Gasteiger partial charge in [-0.3, -0.25) is 0 Å². The lowest BCUT2D eigenvalue weighted by molar-refractivity contribution is 1.08. The van der Waals surface area contributed by atoms with E-state index >= 15 is 0 Å². The van der Waals surface area contributed by atoms with Crippen molar-refractivity contribution in [3.63, 3.8) is 0 Å². The molecular weight excluding hydrogens is 424 g/mol. The third-order valence-electron chi connectivity index (χ3n) is 4.87. The quantitative estimate of drug-likeness (QED) is 0.122. The third kappa shape index (κ3) is 6.89. The molecule has 6 N–H and O–H groups in total. The Labute approximate surface area is 198 Å². The molecule has 0 amide bonds. The van der Waals surface area contributed by atoms with E-state index in [-0.39, 0.29) is 0 Å². The minimum Gasteiger partial charge on any atom is -0.399 e. The maximum atomic E-state index is 5.68. The number of benzene rings is 4. The van der Waals surface area contributed by atoms with Crippen LogP contribution in [0.3, 0.4) is 0 Å². The summed E-state index contributed by atoms with van der Waals surface area (Å²) >= 11 is 0. The van der Waals surface area contributed by atoms with Gasteiger partial charge >= 0.3 is 0 Å². The number of nitrogens with two attached hydrogens (primary N) is 2. The van der Waals surface area contributed by atoms with Crippen molar-refractivity contribution in [1.29, 1.82) is 0 Å². The number of rotatable bonds is 9. The Morgan fingerprint density at radius 1 is 0.412 bits per heavy atom. The average Bonchev–Trinajstić information content (AvgIpc) is 2.87. The number of anilines is 4. The molecule has 0 atom stereocenters. The van der Waals surface area contributed by atoms with Crippen LogP contribution in [0.4, 0.5) is 45.5 Å². The molecule has 0 saturated carbocycles. The zero-order valence-corrected chi connectivity index (χ0v) is 18.6. The molecule has 4 aromatic carbocycles. The van der Waals surface area contributed by atoms with E-state index in [0.717, 1.165) is 47.2 Å². The predicted molar refractivity (Wildman–Crippen MR) is 140 cm³/mol. The van der Waals surface area contributed by atoms with Gasteiger partial charge in [-0.15, -0.1) is 0 Å². The molecule has 4 rings (SSSR count). The highest BCUT2D eigenvalue weighted by Crippen LogP contribution is 2.22. The summed E-state index contributed by atoms with van der Waals surface area (Å²) in [6.07, 6.45) is 0. The standard InChI is InChI=1S/C26H26N8/c27-19-1-5-23(6-2-19)31-33-25-13-9-21(10-14-25)29-17-18-30-22-11-15-26(16-12-22)34-32-24-7-3-20(28)4-8-24/h1-16,29-30H,17-18,27-28H2. The molecule has 4 aromatic rings. The molecule has 0 heterocycles. The van der Waals surface area contributed by atoms with Crippen LogP contribution in [0.1, 0.15) is 0 Å². The number of azo groups is 2. The number of hydrogen-bond acceptors (Lipinski definition) is 8. The van der Waals surface area contributed by atoms with E-state index in [0.29, 0.717) is 11.4 Å². The first-order chi connectivity index (χ1) is 16.6. The zero-order chi connectivity index (χ0) is 23.6. The largest absolute Gasteiger partial charge is 0.399 e. The zero-order valence-electron chi connectivity index (χ0n) is 18.6. The monoisotopic (exact) mass is 450 g/mol. The van der Waals surface area contributed by atoms with Crippen molar-refractivity contribution < 1.29 is 0 Å². The molecular formula is C26H26N8. The van der Waals surface area contributed by atoms with Crippen LogP contribution in [0.2, 0.25) is 0 Å². The molecule has 0 aliphatic heterocycles. The maximum Gasteiger partial charge on any atom is 0.0858 e. The summed E-state index contributed by atoms with van der Waals surface area (Å²) < 4.78 is 0. The van der Waals surface area contributed by atoms with Gasteiger partial charge in [0.15, 0.2) is 0 Å². The van der Waals surface area contributed by atoms with Gasteiger partial charge < -0.3 is 22.1 Å². The summed E-state index contributed by atoms with van der Waals surface area (Å²) in [5.74, 6) is 0. The van der Waals surface area contributed by atoms with Crippen LogP contribution < -0.4 is 22.1 Å². The van der Waals surface area contributed by atoms with E-state index in [1.165, 1.54) is 0 Å². The molecule has 0 aromatic heterocycles. The second kappa shape index (κ2) is 11.2. The first kappa shape index (κ1) is 22.5. The van der Waals surface area contributed by atoms with Crippen molar-refractivity contribution in [2.75, 3.05) is 35.2 Å². The molecule has 34 heavy (non-hydrogen) atoms. The van der Waals surface area contributed by atoms with Crippen LogP contribution in [-0.4, -0.2) is 13.1 Å². The van der Waals surface area contributed by atoms with Gasteiger partial charge in [0.25, 0.3) is 0 Å². The van der Waals surface area contributed by atoms with Gasteiger partial charge in [0.05, 0.1) is 22.7 Å². The molecule has 0 saturated heterocycles. The number of nitrogen functional groups attached to an aromatic ring is 2. The van der Waals surface area contributed by atoms with Crippen LogP contribution in [0.15, 0.2) is 118 Å². The minimum absolute atomic E-state index is 0.706. The molecule has 8 heteroatoms. The molecule has 0 bridgehead atoms. The highest BCUT2D eigenvalue weighted by molar-refractivity contribution is 5.54. The van der Waals surface area contributed by atoms with Gasteiger partial charge in [-0.05, 0) is 97.1 Å².